The Hall–Kier alpha value is -1.85. The number of carboxylic acids is 1. The van der Waals surface area contributed by atoms with Crippen molar-refractivity contribution in [1.29, 1.82) is 0 Å². The molecule has 0 aliphatic carbocycles. The number of hydrogen-bond donors (Lipinski definition) is 2. The molecule has 112 valence electrons. The maximum absolute atomic E-state index is 12.1. The van der Waals surface area contributed by atoms with Gasteiger partial charge >= 0.3 is 5.97 Å². The van der Waals surface area contributed by atoms with Gasteiger partial charge in [0, 0.05) is 25.4 Å². The van der Waals surface area contributed by atoms with Crippen molar-refractivity contribution in [3.8, 4) is 0 Å². The molecule has 0 saturated carbocycles. The molecule has 1 amide bonds. The second-order valence-electron chi connectivity index (χ2n) is 5.98. The summed E-state index contributed by atoms with van der Waals surface area (Å²) < 4.78 is 1.69. The van der Waals surface area contributed by atoms with E-state index in [0.29, 0.717) is 6.54 Å². The van der Waals surface area contributed by atoms with Crippen LogP contribution in [-0.2, 0) is 29.6 Å². The molecule has 0 aromatic carbocycles. The molecule has 6 nitrogen and oxygen atoms in total. The van der Waals surface area contributed by atoms with Crippen molar-refractivity contribution in [1.82, 2.24) is 15.1 Å². The van der Waals surface area contributed by atoms with Crippen molar-refractivity contribution in [2.75, 3.05) is 0 Å². The smallest absolute Gasteiger partial charge is 0.316 e. The van der Waals surface area contributed by atoms with Gasteiger partial charge in [0.25, 0.3) is 0 Å². The molecule has 0 spiro atoms. The second kappa shape index (κ2) is 6.07. The van der Waals surface area contributed by atoms with Gasteiger partial charge in [0.2, 0.25) is 5.91 Å². The summed E-state index contributed by atoms with van der Waals surface area (Å²) in [5.41, 5.74) is 1.20. The lowest BCUT2D eigenvalue weighted by atomic mass is 9.80. The molecule has 2 N–H and O–H groups in total. The molecule has 1 atom stereocenters. The van der Waals surface area contributed by atoms with Crippen LogP contribution in [0.5, 0.6) is 0 Å². The van der Waals surface area contributed by atoms with Gasteiger partial charge in [-0.1, -0.05) is 27.7 Å². The monoisotopic (exact) mass is 281 g/mol. The van der Waals surface area contributed by atoms with E-state index in [1.54, 1.807) is 25.5 Å². The Balaban J connectivity index is 2.77. The van der Waals surface area contributed by atoms with Gasteiger partial charge in [0.15, 0.2) is 0 Å². The van der Waals surface area contributed by atoms with Gasteiger partial charge in [-0.3, -0.25) is 14.3 Å². The van der Waals surface area contributed by atoms with Gasteiger partial charge in [-0.2, -0.15) is 5.10 Å². The van der Waals surface area contributed by atoms with E-state index in [9.17, 15) is 14.7 Å². The van der Waals surface area contributed by atoms with E-state index in [0.717, 1.165) is 17.7 Å². The predicted molar refractivity (Wildman–Crippen MR) is 75.0 cm³/mol. The number of aliphatic carboxylic acids is 1. The number of nitrogens with zero attached hydrogens (tertiary/aromatic N) is 2. The number of carbonyl (C=O) groups excluding carboxylic acids is 1. The average Bonchev–Trinajstić information content (AvgIpc) is 2.64. The summed E-state index contributed by atoms with van der Waals surface area (Å²) in [6, 6.07) is 0. The number of nitrogens with one attached hydrogen (secondary N) is 1. The number of carbonyl (C=O) groups is 2. The van der Waals surface area contributed by atoms with Crippen LogP contribution in [0.3, 0.4) is 0 Å². The minimum absolute atomic E-state index is 0.301. The van der Waals surface area contributed by atoms with Gasteiger partial charge in [-0.25, -0.2) is 0 Å². The third kappa shape index (κ3) is 3.82. The van der Waals surface area contributed by atoms with Crippen molar-refractivity contribution in [3.05, 3.63) is 17.5 Å². The SMILES string of the molecule is CCc1nn(C)cc1CNC(=O)C(C(=O)O)C(C)(C)C. The highest BCUT2D eigenvalue weighted by atomic mass is 16.4. The Morgan fingerprint density at radius 3 is 2.50 bits per heavy atom. The third-order valence-corrected chi connectivity index (χ3v) is 3.15. The molecule has 0 aliphatic heterocycles. The first-order valence-corrected chi connectivity index (χ1v) is 6.68. The number of amides is 1. The van der Waals surface area contributed by atoms with E-state index >= 15 is 0 Å². The predicted octanol–water partition coefficient (Wildman–Crippen LogP) is 1.35. The van der Waals surface area contributed by atoms with Gasteiger partial charge in [-0.15, -0.1) is 0 Å². The lowest BCUT2D eigenvalue weighted by molar-refractivity contribution is -0.151. The van der Waals surface area contributed by atoms with Crippen molar-refractivity contribution in [2.24, 2.45) is 18.4 Å². The summed E-state index contributed by atoms with van der Waals surface area (Å²) in [4.78, 5) is 23.3. The largest absolute Gasteiger partial charge is 0.481 e. The second-order valence-corrected chi connectivity index (χ2v) is 5.98. The van der Waals surface area contributed by atoms with Gasteiger partial charge in [-0.05, 0) is 11.8 Å². The van der Waals surface area contributed by atoms with E-state index in [2.05, 4.69) is 10.4 Å². The Labute approximate surface area is 119 Å². The summed E-state index contributed by atoms with van der Waals surface area (Å²) in [6.07, 6.45) is 2.61. The normalized spacial score (nSPS) is 13.1. The summed E-state index contributed by atoms with van der Waals surface area (Å²) in [7, 11) is 1.82. The van der Waals surface area contributed by atoms with Crippen LogP contribution in [0.25, 0.3) is 0 Å². The molecule has 1 aromatic rings. The van der Waals surface area contributed by atoms with Crippen LogP contribution in [0.15, 0.2) is 6.20 Å². The van der Waals surface area contributed by atoms with E-state index < -0.39 is 23.2 Å². The van der Waals surface area contributed by atoms with Crippen molar-refractivity contribution in [3.63, 3.8) is 0 Å². The van der Waals surface area contributed by atoms with Crippen LogP contribution >= 0.6 is 0 Å². The molecule has 0 bridgehead atoms. The lowest BCUT2D eigenvalue weighted by Gasteiger charge is -2.25. The molecule has 6 heteroatoms. The molecule has 0 radical (unpaired) electrons. The average molecular weight is 281 g/mol. The molecular formula is C14H23N3O3. The molecule has 0 saturated heterocycles. The topological polar surface area (TPSA) is 84.2 Å². The highest BCUT2D eigenvalue weighted by molar-refractivity contribution is 5.97. The van der Waals surface area contributed by atoms with Crippen molar-refractivity contribution < 1.29 is 14.7 Å². The molecule has 0 aliphatic rings. The Kier molecular flexibility index (Phi) is 4.92. The molecule has 1 unspecified atom stereocenters. The fourth-order valence-electron chi connectivity index (χ4n) is 2.19. The zero-order valence-corrected chi connectivity index (χ0v) is 12.7. The van der Waals surface area contributed by atoms with Gasteiger partial charge in [0.1, 0.15) is 5.92 Å². The minimum atomic E-state index is -1.10. The zero-order chi connectivity index (χ0) is 15.5. The van der Waals surface area contributed by atoms with Gasteiger partial charge < -0.3 is 10.4 Å². The highest BCUT2D eigenvalue weighted by Crippen LogP contribution is 2.26. The number of aryl methyl sites for hydroxylation is 2. The van der Waals surface area contributed by atoms with Gasteiger partial charge in [0.05, 0.1) is 5.69 Å². The number of aromatic nitrogens is 2. The standard InChI is InChI=1S/C14H23N3O3/c1-6-10-9(8-17(5)16-10)7-15-12(18)11(13(19)20)14(2,3)4/h8,11H,6-7H2,1-5H3,(H,15,18)(H,19,20). The van der Waals surface area contributed by atoms with Crippen molar-refractivity contribution in [2.45, 2.75) is 40.7 Å². The van der Waals surface area contributed by atoms with Crippen LogP contribution in [0, 0.1) is 11.3 Å². The summed E-state index contributed by atoms with van der Waals surface area (Å²) in [5.74, 6) is -2.63. The van der Waals surface area contributed by atoms with E-state index in [1.807, 2.05) is 20.2 Å². The maximum atomic E-state index is 12.1. The van der Waals surface area contributed by atoms with E-state index in [-0.39, 0.29) is 0 Å². The lowest BCUT2D eigenvalue weighted by Crippen LogP contribution is -2.42. The first-order chi connectivity index (χ1) is 9.16. The Bertz CT molecular complexity index is 500. The highest BCUT2D eigenvalue weighted by Gasteiger charge is 2.37. The molecule has 1 heterocycles. The zero-order valence-electron chi connectivity index (χ0n) is 12.7. The van der Waals surface area contributed by atoms with Crippen LogP contribution in [-0.4, -0.2) is 26.8 Å². The first kappa shape index (κ1) is 16.2. The summed E-state index contributed by atoms with van der Waals surface area (Å²) in [6.45, 7) is 7.52. The molecule has 0 fully saturated rings. The van der Waals surface area contributed by atoms with Crippen LogP contribution < -0.4 is 5.32 Å². The first-order valence-electron chi connectivity index (χ1n) is 6.68. The summed E-state index contributed by atoms with van der Waals surface area (Å²) in [5, 5.41) is 16.2. The van der Waals surface area contributed by atoms with Crippen LogP contribution in [0.2, 0.25) is 0 Å². The fraction of sp³-hybridized carbons (Fsp3) is 0.643. The van der Waals surface area contributed by atoms with Crippen LogP contribution in [0.1, 0.15) is 39.0 Å². The summed E-state index contributed by atoms with van der Waals surface area (Å²) >= 11 is 0. The number of hydrogen-bond acceptors (Lipinski definition) is 3. The fourth-order valence-corrected chi connectivity index (χ4v) is 2.19. The van der Waals surface area contributed by atoms with Crippen LogP contribution in [0.4, 0.5) is 0 Å². The van der Waals surface area contributed by atoms with Crippen molar-refractivity contribution >= 4 is 11.9 Å². The Morgan fingerprint density at radius 1 is 1.45 bits per heavy atom. The van der Waals surface area contributed by atoms with E-state index in [4.69, 9.17) is 0 Å². The molecule has 1 rings (SSSR count). The quantitative estimate of drug-likeness (QED) is 0.798. The Morgan fingerprint density at radius 2 is 2.05 bits per heavy atom. The van der Waals surface area contributed by atoms with E-state index in [1.165, 1.54) is 0 Å². The molecule has 20 heavy (non-hydrogen) atoms. The maximum Gasteiger partial charge on any atom is 0.316 e. The number of rotatable bonds is 5. The molecular weight excluding hydrogens is 258 g/mol. The molecule has 1 aromatic heterocycles. The number of carboxylic acid groups (broad SMARTS) is 1. The minimum Gasteiger partial charge on any atom is -0.481 e. The third-order valence-electron chi connectivity index (χ3n) is 3.15.